The lowest BCUT2D eigenvalue weighted by Gasteiger charge is -2.38. The van der Waals surface area contributed by atoms with Crippen molar-refractivity contribution in [3.8, 4) is 5.75 Å². The first-order chi connectivity index (χ1) is 11.4. The van der Waals surface area contributed by atoms with Gasteiger partial charge in [0.25, 0.3) is 0 Å². The van der Waals surface area contributed by atoms with Crippen LogP contribution < -0.4 is 15.4 Å². The zero-order valence-corrected chi connectivity index (χ0v) is 14.4. The molecular formula is C17H25N3O4. The Balaban J connectivity index is 1.82. The van der Waals surface area contributed by atoms with E-state index in [0.717, 1.165) is 0 Å². The van der Waals surface area contributed by atoms with Crippen LogP contribution in [0.25, 0.3) is 0 Å². The molecule has 0 atom stereocenters. The van der Waals surface area contributed by atoms with Gasteiger partial charge in [-0.2, -0.15) is 0 Å². The normalized spacial score (nSPS) is 16.4. The van der Waals surface area contributed by atoms with Crippen molar-refractivity contribution in [2.75, 3.05) is 38.7 Å². The number of amides is 3. The molecule has 0 aliphatic carbocycles. The number of carbonyl (C=O) groups is 2. The highest BCUT2D eigenvalue weighted by Crippen LogP contribution is 2.19. The van der Waals surface area contributed by atoms with Crippen LogP contribution in [0.3, 0.4) is 0 Å². The molecule has 7 heteroatoms. The van der Waals surface area contributed by atoms with Crippen LogP contribution in [0, 0.1) is 0 Å². The fourth-order valence-corrected chi connectivity index (χ4v) is 2.41. The molecule has 24 heavy (non-hydrogen) atoms. The molecule has 1 fully saturated rings. The average Bonchev–Trinajstić information content (AvgIpc) is 2.55. The van der Waals surface area contributed by atoms with E-state index in [9.17, 15) is 9.59 Å². The molecule has 1 saturated heterocycles. The Kier molecular flexibility index (Phi) is 6.03. The Morgan fingerprint density at radius 1 is 1.29 bits per heavy atom. The Labute approximate surface area is 142 Å². The zero-order valence-electron chi connectivity index (χ0n) is 14.4. The minimum atomic E-state index is -0.321. The van der Waals surface area contributed by atoms with E-state index in [1.165, 1.54) is 0 Å². The summed E-state index contributed by atoms with van der Waals surface area (Å²) in [5.41, 5.74) is 0.376. The Morgan fingerprint density at radius 3 is 2.62 bits per heavy atom. The van der Waals surface area contributed by atoms with Gasteiger partial charge in [0.15, 0.2) is 0 Å². The van der Waals surface area contributed by atoms with Crippen LogP contribution >= 0.6 is 0 Å². The number of morpholine rings is 1. The fraction of sp³-hybridized carbons (Fsp3) is 0.529. The second-order valence-electron chi connectivity index (χ2n) is 6.26. The van der Waals surface area contributed by atoms with Crippen molar-refractivity contribution in [2.45, 2.75) is 25.9 Å². The van der Waals surface area contributed by atoms with Gasteiger partial charge in [0.05, 0.1) is 31.8 Å². The minimum absolute atomic E-state index is 0.0627. The molecule has 1 heterocycles. The number of rotatable bonds is 5. The van der Waals surface area contributed by atoms with E-state index >= 15 is 0 Å². The van der Waals surface area contributed by atoms with Crippen LogP contribution in [0.5, 0.6) is 5.75 Å². The molecule has 7 nitrogen and oxygen atoms in total. The van der Waals surface area contributed by atoms with Gasteiger partial charge in [-0.15, -0.1) is 0 Å². The summed E-state index contributed by atoms with van der Waals surface area (Å²) in [4.78, 5) is 25.2. The highest BCUT2D eigenvalue weighted by Gasteiger charge is 2.29. The molecule has 2 N–H and O–H groups in total. The van der Waals surface area contributed by atoms with Crippen LogP contribution in [0.1, 0.15) is 20.3 Å². The second kappa shape index (κ2) is 8.01. The number of urea groups is 1. The maximum atomic E-state index is 12.3. The predicted molar refractivity (Wildman–Crippen MR) is 91.2 cm³/mol. The molecular weight excluding hydrogens is 310 g/mol. The van der Waals surface area contributed by atoms with E-state index in [1.54, 1.807) is 36.2 Å². The Hall–Kier alpha value is -2.28. The predicted octanol–water partition coefficient (Wildman–Crippen LogP) is 1.84. The molecule has 0 unspecified atom stereocenters. The topological polar surface area (TPSA) is 79.9 Å². The maximum Gasteiger partial charge on any atom is 0.322 e. The van der Waals surface area contributed by atoms with Crippen LogP contribution in [0.15, 0.2) is 24.3 Å². The first-order valence-electron chi connectivity index (χ1n) is 8.03. The number of benzene rings is 1. The van der Waals surface area contributed by atoms with E-state index in [2.05, 4.69) is 10.6 Å². The Morgan fingerprint density at radius 2 is 2.00 bits per heavy atom. The Bertz CT molecular complexity index is 572. The molecule has 1 aromatic carbocycles. The van der Waals surface area contributed by atoms with Gasteiger partial charge < -0.3 is 25.0 Å². The van der Waals surface area contributed by atoms with Gasteiger partial charge in [0, 0.05) is 19.3 Å². The smallest absolute Gasteiger partial charge is 0.322 e. The fourth-order valence-electron chi connectivity index (χ4n) is 2.41. The van der Waals surface area contributed by atoms with Gasteiger partial charge in [-0.3, -0.25) is 4.79 Å². The summed E-state index contributed by atoms with van der Waals surface area (Å²) in [5, 5.41) is 5.41. The monoisotopic (exact) mass is 335 g/mol. The summed E-state index contributed by atoms with van der Waals surface area (Å²) in [7, 11) is 1.59. The molecule has 0 saturated carbocycles. The van der Waals surface area contributed by atoms with Gasteiger partial charge >= 0.3 is 6.03 Å². The van der Waals surface area contributed by atoms with Gasteiger partial charge in [-0.1, -0.05) is 0 Å². The molecule has 0 bridgehead atoms. The highest BCUT2D eigenvalue weighted by molar-refractivity contribution is 5.89. The summed E-state index contributed by atoms with van der Waals surface area (Å²) in [5.74, 6) is 0.594. The SMILES string of the molecule is CNC(=O)CCOc1ccc(NC(=O)N2CCOC(C)(C)C2)cc1. The molecule has 3 amide bonds. The first kappa shape index (κ1) is 18.1. The molecule has 0 aromatic heterocycles. The van der Waals surface area contributed by atoms with Crippen molar-refractivity contribution in [1.82, 2.24) is 10.2 Å². The van der Waals surface area contributed by atoms with E-state index in [4.69, 9.17) is 9.47 Å². The summed E-state index contributed by atoms with van der Waals surface area (Å²) >= 11 is 0. The number of anilines is 1. The number of hydrogen-bond acceptors (Lipinski definition) is 4. The van der Waals surface area contributed by atoms with E-state index in [-0.39, 0.29) is 17.5 Å². The highest BCUT2D eigenvalue weighted by atomic mass is 16.5. The number of nitrogens with zero attached hydrogens (tertiary/aromatic N) is 1. The number of hydrogen-bond donors (Lipinski definition) is 2. The average molecular weight is 335 g/mol. The van der Waals surface area contributed by atoms with Crippen LogP contribution in [-0.2, 0) is 9.53 Å². The molecule has 1 aliphatic heterocycles. The lowest BCUT2D eigenvalue weighted by Crippen LogP contribution is -2.51. The third kappa shape index (κ3) is 5.42. The maximum absolute atomic E-state index is 12.3. The summed E-state index contributed by atoms with van der Waals surface area (Å²) < 4.78 is 11.1. The number of carbonyl (C=O) groups excluding carboxylic acids is 2. The van der Waals surface area contributed by atoms with E-state index in [0.29, 0.717) is 44.2 Å². The van der Waals surface area contributed by atoms with Crippen molar-refractivity contribution in [2.24, 2.45) is 0 Å². The molecule has 1 aliphatic rings. The van der Waals surface area contributed by atoms with Gasteiger partial charge in [-0.05, 0) is 38.1 Å². The summed E-state index contributed by atoms with van der Waals surface area (Å²) in [6, 6.07) is 6.95. The van der Waals surface area contributed by atoms with E-state index < -0.39 is 0 Å². The lowest BCUT2D eigenvalue weighted by molar-refractivity contribution is -0.121. The van der Waals surface area contributed by atoms with Crippen LogP contribution in [-0.4, -0.2) is 55.8 Å². The van der Waals surface area contributed by atoms with Crippen molar-refractivity contribution in [1.29, 1.82) is 0 Å². The molecule has 1 aromatic rings. The molecule has 132 valence electrons. The minimum Gasteiger partial charge on any atom is -0.493 e. The van der Waals surface area contributed by atoms with Gasteiger partial charge in [-0.25, -0.2) is 4.79 Å². The zero-order chi connectivity index (χ0) is 17.6. The third-order valence-corrected chi connectivity index (χ3v) is 3.70. The van der Waals surface area contributed by atoms with Crippen LogP contribution in [0.2, 0.25) is 0 Å². The number of ether oxygens (including phenoxy) is 2. The summed E-state index contributed by atoms with van der Waals surface area (Å²) in [6.45, 7) is 5.93. The first-order valence-corrected chi connectivity index (χ1v) is 8.03. The standard InChI is InChI=1S/C17H25N3O4/c1-17(2)12-20(9-11-24-17)16(22)19-13-4-6-14(7-5-13)23-10-8-15(21)18-3/h4-7H,8-12H2,1-3H3,(H,18,21)(H,19,22). The van der Waals surface area contributed by atoms with Crippen LogP contribution in [0.4, 0.5) is 10.5 Å². The third-order valence-electron chi connectivity index (χ3n) is 3.70. The van der Waals surface area contributed by atoms with Crippen molar-refractivity contribution in [3.63, 3.8) is 0 Å². The molecule has 2 rings (SSSR count). The number of nitrogens with one attached hydrogen (secondary N) is 2. The van der Waals surface area contributed by atoms with Gasteiger partial charge in [0.1, 0.15) is 5.75 Å². The van der Waals surface area contributed by atoms with Gasteiger partial charge in [0.2, 0.25) is 5.91 Å². The van der Waals surface area contributed by atoms with E-state index in [1.807, 2.05) is 13.8 Å². The second-order valence-corrected chi connectivity index (χ2v) is 6.26. The largest absolute Gasteiger partial charge is 0.493 e. The van der Waals surface area contributed by atoms with Crippen molar-refractivity contribution in [3.05, 3.63) is 24.3 Å². The molecule has 0 radical (unpaired) electrons. The lowest BCUT2D eigenvalue weighted by atomic mass is 10.1. The molecule has 0 spiro atoms. The van der Waals surface area contributed by atoms with Crippen molar-refractivity contribution < 1.29 is 19.1 Å². The van der Waals surface area contributed by atoms with Crippen molar-refractivity contribution >= 4 is 17.6 Å². The quantitative estimate of drug-likeness (QED) is 0.860. The summed E-state index contributed by atoms with van der Waals surface area (Å²) in [6.07, 6.45) is 0.307.